The third-order valence-electron chi connectivity index (χ3n) is 14.1. The maximum Gasteiger partial charge on any atom is 0.324 e. The molecule has 0 radical (unpaired) electrons. The van der Waals surface area contributed by atoms with E-state index in [1.807, 2.05) is 38.2 Å². The maximum absolute atomic E-state index is 14.8. The quantitative estimate of drug-likeness (QED) is 0.142. The highest BCUT2D eigenvalue weighted by Crippen LogP contribution is 2.42. The Hall–Kier alpha value is -5.84. The summed E-state index contributed by atoms with van der Waals surface area (Å²) in [6.45, 7) is 16.3. The van der Waals surface area contributed by atoms with Crippen LogP contribution in [0.5, 0.6) is 5.75 Å². The second kappa shape index (κ2) is 18.0. The maximum atomic E-state index is 14.8. The van der Waals surface area contributed by atoms with Gasteiger partial charge in [-0.05, 0) is 96.7 Å². The van der Waals surface area contributed by atoms with Crippen molar-refractivity contribution in [3.8, 4) is 28.1 Å². The molecule has 4 fully saturated rings. The van der Waals surface area contributed by atoms with Crippen LogP contribution >= 0.6 is 0 Å². The van der Waals surface area contributed by atoms with Crippen molar-refractivity contribution in [1.29, 1.82) is 0 Å². The van der Waals surface area contributed by atoms with Crippen LogP contribution in [-0.4, -0.2) is 128 Å². The molecule has 4 amide bonds. The molecule has 356 valence electrons. The average Bonchev–Trinajstić information content (AvgIpc) is 3.90. The molecule has 5 atom stereocenters. The molecule has 67 heavy (non-hydrogen) atoms. The van der Waals surface area contributed by atoms with E-state index in [0.717, 1.165) is 44.5 Å². The Balaban J connectivity index is 1.09. The molecule has 0 unspecified atom stereocenters. The predicted molar refractivity (Wildman–Crippen MR) is 251 cm³/mol. The number of nitrogens with zero attached hydrogens (tertiary/aromatic N) is 5. The Morgan fingerprint density at radius 2 is 1.82 bits per heavy atom. The number of hydrogen-bond donors (Lipinski definition) is 4. The summed E-state index contributed by atoms with van der Waals surface area (Å²) in [7, 11) is 0. The lowest BCUT2D eigenvalue weighted by atomic mass is 9.83. The van der Waals surface area contributed by atoms with Gasteiger partial charge in [0.2, 0.25) is 11.8 Å². The molecule has 2 aromatic heterocycles. The molecule has 16 nitrogen and oxygen atoms in total. The van der Waals surface area contributed by atoms with Gasteiger partial charge in [-0.3, -0.25) is 34.0 Å². The van der Waals surface area contributed by atoms with Gasteiger partial charge in [-0.15, -0.1) is 0 Å². The number of aromatic hydroxyl groups is 1. The second-order valence-corrected chi connectivity index (χ2v) is 20.5. The third-order valence-corrected chi connectivity index (χ3v) is 14.1. The lowest BCUT2D eigenvalue weighted by Gasteiger charge is -2.36. The SMILES string of the molecule is CCn1c(-c2cccnc2C(C)C)c2c3cc(ccc31)-c1cc(O)cc(c1)C[C@H](NC(=O)[C@H](C(C)C)N1CO[C@]3(CCN(C(=O)[C@H]4CN4)C3)C1=O)C(=O)N1CCC[C@H](N1)C(=O)OCC(C)(C)C2. The molecule has 7 heterocycles. The highest BCUT2D eigenvalue weighted by atomic mass is 16.5. The van der Waals surface area contributed by atoms with Gasteiger partial charge in [-0.25, -0.2) is 5.43 Å². The summed E-state index contributed by atoms with van der Waals surface area (Å²) in [6, 6.07) is 12.4. The van der Waals surface area contributed by atoms with Crippen molar-refractivity contribution in [2.75, 3.05) is 39.5 Å². The summed E-state index contributed by atoms with van der Waals surface area (Å²) in [4.78, 5) is 78.5. The van der Waals surface area contributed by atoms with Crippen LogP contribution in [0.15, 0.2) is 54.7 Å². The molecule has 0 aliphatic carbocycles. The van der Waals surface area contributed by atoms with Crippen LogP contribution in [0.2, 0.25) is 0 Å². The van der Waals surface area contributed by atoms with Gasteiger partial charge in [-0.1, -0.05) is 53.7 Å². The number of carbonyl (C=O) groups excluding carboxylic acids is 5. The van der Waals surface area contributed by atoms with E-state index in [2.05, 4.69) is 73.4 Å². The standard InChI is InChI=1S/C51H64N8O8/c1-8-57-41-14-13-32-23-36(41)37(44(57)35-11-9-16-52-42(35)29(2)3)24-50(6,7)27-66-48(64)38-12-10-17-59(55-38)47(63)39(21-31-19-33(32)22-34(60)20-31)54-45(61)43(30(4)5)58-28-67-51(49(58)65)15-18-56(26-51)46(62)40-25-53-40/h9,11,13-14,16,19-20,22-23,29-30,38-40,43,53,55,60H,8,10,12,15,17-18,21,24-28H2,1-7H3,(H,54,61)/t38-,39-,40+,43-,51-/m0/s1. The largest absolute Gasteiger partial charge is 0.508 e. The first kappa shape index (κ1) is 46.3. The number of benzene rings is 2. The number of carbonyl (C=O) groups is 5. The smallest absolute Gasteiger partial charge is 0.324 e. The number of phenols is 1. The number of nitrogens with one attached hydrogen (secondary N) is 3. The first-order chi connectivity index (χ1) is 32.0. The number of amides is 4. The number of pyridine rings is 1. The summed E-state index contributed by atoms with van der Waals surface area (Å²) in [5, 5.41) is 19.8. The molecule has 6 bridgehead atoms. The fourth-order valence-electron chi connectivity index (χ4n) is 10.7. The topological polar surface area (TPSA) is 198 Å². The van der Waals surface area contributed by atoms with Crippen molar-refractivity contribution < 1.29 is 38.6 Å². The van der Waals surface area contributed by atoms with E-state index in [1.54, 1.807) is 17.0 Å². The Bertz CT molecular complexity index is 2620. The fraction of sp³-hybridized carbons (Fsp3) is 0.529. The van der Waals surface area contributed by atoms with Crippen LogP contribution in [0, 0.1) is 11.3 Å². The van der Waals surface area contributed by atoms with Gasteiger partial charge >= 0.3 is 5.97 Å². The highest BCUT2D eigenvalue weighted by molar-refractivity contribution is 5.97. The van der Waals surface area contributed by atoms with Gasteiger partial charge in [0.05, 0.1) is 30.6 Å². The Kier molecular flexibility index (Phi) is 12.4. The summed E-state index contributed by atoms with van der Waals surface area (Å²) in [5.41, 5.74) is 8.80. The molecule has 1 spiro atoms. The molecular weight excluding hydrogens is 853 g/mol. The van der Waals surface area contributed by atoms with Crippen LogP contribution in [0.25, 0.3) is 33.3 Å². The van der Waals surface area contributed by atoms with E-state index in [9.17, 15) is 29.1 Å². The minimum atomic E-state index is -1.25. The van der Waals surface area contributed by atoms with Gasteiger partial charge in [0.15, 0.2) is 5.60 Å². The van der Waals surface area contributed by atoms with Crippen LogP contribution in [0.3, 0.4) is 0 Å². The lowest BCUT2D eigenvalue weighted by Crippen LogP contribution is -2.62. The van der Waals surface area contributed by atoms with E-state index in [-0.39, 0.29) is 68.3 Å². The lowest BCUT2D eigenvalue weighted by molar-refractivity contribution is -0.155. The zero-order valence-corrected chi connectivity index (χ0v) is 39.7. The average molecular weight is 917 g/mol. The van der Waals surface area contributed by atoms with Crippen molar-refractivity contribution in [2.45, 2.75) is 123 Å². The third kappa shape index (κ3) is 8.91. The molecule has 4 N–H and O–H groups in total. The molecule has 16 heteroatoms. The van der Waals surface area contributed by atoms with E-state index < -0.39 is 46.9 Å². The Labute approximate surface area is 391 Å². The number of fused-ring (bicyclic) bond motifs is 6. The van der Waals surface area contributed by atoms with Crippen LogP contribution in [0.4, 0.5) is 0 Å². The Morgan fingerprint density at radius 3 is 2.55 bits per heavy atom. The number of esters is 1. The van der Waals surface area contributed by atoms with E-state index >= 15 is 0 Å². The second-order valence-electron chi connectivity index (χ2n) is 20.5. The number of aromatic nitrogens is 2. The predicted octanol–water partition coefficient (Wildman–Crippen LogP) is 4.65. The monoisotopic (exact) mass is 916 g/mol. The van der Waals surface area contributed by atoms with Crippen molar-refractivity contribution in [3.05, 3.63) is 71.5 Å². The van der Waals surface area contributed by atoms with Gasteiger partial charge in [0, 0.05) is 67.1 Å². The number of aryl methyl sites for hydroxylation is 1. The minimum Gasteiger partial charge on any atom is -0.508 e. The number of hydrogen-bond acceptors (Lipinski definition) is 11. The van der Waals surface area contributed by atoms with Gasteiger partial charge in [0.1, 0.15) is 30.6 Å². The fourth-order valence-corrected chi connectivity index (χ4v) is 10.7. The zero-order chi connectivity index (χ0) is 47.5. The molecule has 5 aliphatic heterocycles. The van der Waals surface area contributed by atoms with Crippen LogP contribution in [0.1, 0.15) is 90.5 Å². The van der Waals surface area contributed by atoms with E-state index in [1.165, 1.54) is 9.91 Å². The molecule has 5 aliphatic rings. The summed E-state index contributed by atoms with van der Waals surface area (Å²) < 4.78 is 14.6. The molecule has 2 aromatic carbocycles. The van der Waals surface area contributed by atoms with Crippen LogP contribution in [-0.2, 0) is 52.8 Å². The van der Waals surface area contributed by atoms with Gasteiger partial charge in [-0.2, -0.15) is 0 Å². The zero-order valence-electron chi connectivity index (χ0n) is 39.7. The number of phenolic OH excluding ortho intramolecular Hbond substituents is 1. The number of likely N-dealkylation sites (tertiary alicyclic amines) is 1. The van der Waals surface area contributed by atoms with E-state index in [0.29, 0.717) is 50.9 Å². The number of cyclic esters (lactones) is 1. The van der Waals surface area contributed by atoms with Crippen LogP contribution < -0.4 is 16.1 Å². The summed E-state index contributed by atoms with van der Waals surface area (Å²) in [5.74, 6) is -2.14. The molecular formula is C51H64N8O8. The van der Waals surface area contributed by atoms with E-state index in [4.69, 9.17) is 14.5 Å². The minimum absolute atomic E-state index is 0.00438. The summed E-state index contributed by atoms with van der Waals surface area (Å²) >= 11 is 0. The first-order valence-corrected chi connectivity index (χ1v) is 23.9. The van der Waals surface area contributed by atoms with Crippen molar-refractivity contribution in [2.24, 2.45) is 11.3 Å². The highest BCUT2D eigenvalue weighted by Gasteiger charge is 2.57. The Morgan fingerprint density at radius 1 is 1.03 bits per heavy atom. The van der Waals surface area contributed by atoms with Gasteiger partial charge < -0.3 is 39.6 Å². The normalized spacial score (nSPS) is 24.7. The number of ether oxygens (including phenoxy) is 2. The van der Waals surface area contributed by atoms with Crippen molar-refractivity contribution in [3.63, 3.8) is 0 Å². The molecule has 9 rings (SSSR count). The number of hydrazine groups is 1. The number of rotatable bonds is 8. The van der Waals surface area contributed by atoms with Crippen molar-refractivity contribution in [1.82, 2.24) is 40.4 Å². The van der Waals surface area contributed by atoms with Crippen molar-refractivity contribution >= 4 is 40.5 Å². The molecule has 0 saturated carbocycles. The summed E-state index contributed by atoms with van der Waals surface area (Å²) in [6.07, 6.45) is 3.67. The van der Waals surface area contributed by atoms with Gasteiger partial charge in [0.25, 0.3) is 11.8 Å². The first-order valence-electron chi connectivity index (χ1n) is 23.9. The molecule has 4 saturated heterocycles. The molecule has 4 aromatic rings.